The third-order valence-electron chi connectivity index (χ3n) is 3.95. The first-order chi connectivity index (χ1) is 7.51. The fraction of sp³-hybridized carbons (Fsp3) is 0.923. The SMILES string of the molecule is CCC1(CNC(=O)C(S)C(C)C)CCCC1. The second-order valence-electron chi connectivity index (χ2n) is 5.47. The van der Waals surface area contributed by atoms with E-state index in [1.165, 1.54) is 32.1 Å². The van der Waals surface area contributed by atoms with Crippen molar-refractivity contribution in [3.8, 4) is 0 Å². The molecule has 0 aromatic carbocycles. The molecule has 0 radical (unpaired) electrons. The van der Waals surface area contributed by atoms with Gasteiger partial charge in [0, 0.05) is 6.54 Å². The van der Waals surface area contributed by atoms with Crippen molar-refractivity contribution < 1.29 is 4.79 Å². The number of nitrogens with one attached hydrogen (secondary N) is 1. The minimum Gasteiger partial charge on any atom is -0.355 e. The highest BCUT2D eigenvalue weighted by molar-refractivity contribution is 7.81. The second-order valence-corrected chi connectivity index (χ2v) is 6.02. The molecular formula is C13H25NOS. The Kier molecular flexibility index (Phi) is 5.16. The van der Waals surface area contributed by atoms with E-state index in [1.807, 2.05) is 13.8 Å². The van der Waals surface area contributed by atoms with Crippen LogP contribution in [0, 0.1) is 11.3 Å². The molecule has 3 heteroatoms. The van der Waals surface area contributed by atoms with Gasteiger partial charge < -0.3 is 5.32 Å². The number of thiol groups is 1. The Labute approximate surface area is 105 Å². The monoisotopic (exact) mass is 243 g/mol. The third kappa shape index (κ3) is 3.41. The van der Waals surface area contributed by atoms with E-state index in [1.54, 1.807) is 0 Å². The van der Waals surface area contributed by atoms with E-state index < -0.39 is 0 Å². The molecule has 1 unspecified atom stereocenters. The maximum atomic E-state index is 11.8. The molecular weight excluding hydrogens is 218 g/mol. The zero-order valence-electron chi connectivity index (χ0n) is 10.8. The summed E-state index contributed by atoms with van der Waals surface area (Å²) < 4.78 is 0. The lowest BCUT2D eigenvalue weighted by Gasteiger charge is -2.28. The highest BCUT2D eigenvalue weighted by Crippen LogP contribution is 2.40. The van der Waals surface area contributed by atoms with Gasteiger partial charge in [-0.3, -0.25) is 4.79 Å². The predicted octanol–water partition coefficient (Wildman–Crippen LogP) is 3.03. The Morgan fingerprint density at radius 2 is 1.94 bits per heavy atom. The average Bonchev–Trinajstić information content (AvgIpc) is 2.74. The summed E-state index contributed by atoms with van der Waals surface area (Å²) >= 11 is 4.34. The Morgan fingerprint density at radius 1 is 1.38 bits per heavy atom. The van der Waals surface area contributed by atoms with Crippen LogP contribution in [0.15, 0.2) is 0 Å². The van der Waals surface area contributed by atoms with Crippen molar-refractivity contribution in [3.05, 3.63) is 0 Å². The highest BCUT2D eigenvalue weighted by Gasteiger charge is 2.32. The minimum atomic E-state index is -0.171. The molecule has 0 aromatic heterocycles. The van der Waals surface area contributed by atoms with Gasteiger partial charge >= 0.3 is 0 Å². The molecule has 1 fully saturated rings. The van der Waals surface area contributed by atoms with E-state index in [-0.39, 0.29) is 11.2 Å². The summed E-state index contributed by atoms with van der Waals surface area (Å²) in [5.74, 6) is 0.391. The summed E-state index contributed by atoms with van der Waals surface area (Å²) in [4.78, 5) is 11.8. The molecule has 1 amide bonds. The fourth-order valence-electron chi connectivity index (χ4n) is 2.46. The molecule has 1 rings (SSSR count). The van der Waals surface area contributed by atoms with Crippen molar-refractivity contribution >= 4 is 18.5 Å². The predicted molar refractivity (Wildman–Crippen MR) is 71.8 cm³/mol. The van der Waals surface area contributed by atoms with E-state index in [0.717, 1.165) is 6.54 Å². The first kappa shape index (κ1) is 13.9. The van der Waals surface area contributed by atoms with Crippen LogP contribution in [0.5, 0.6) is 0 Å². The van der Waals surface area contributed by atoms with E-state index in [9.17, 15) is 4.79 Å². The summed E-state index contributed by atoms with van der Waals surface area (Å²) in [7, 11) is 0. The van der Waals surface area contributed by atoms with Crippen molar-refractivity contribution in [2.45, 2.75) is 58.1 Å². The maximum absolute atomic E-state index is 11.8. The molecule has 1 N–H and O–H groups in total. The summed E-state index contributed by atoms with van der Waals surface area (Å²) in [6, 6.07) is 0. The molecule has 0 aliphatic heterocycles. The van der Waals surface area contributed by atoms with Crippen LogP contribution >= 0.6 is 12.6 Å². The Balaban J connectivity index is 2.41. The van der Waals surface area contributed by atoms with Gasteiger partial charge in [0.05, 0.1) is 5.25 Å². The van der Waals surface area contributed by atoms with Gasteiger partial charge in [0.2, 0.25) is 5.91 Å². The smallest absolute Gasteiger partial charge is 0.233 e. The standard InChI is InChI=1S/C13H25NOS/c1-4-13(7-5-6-8-13)9-14-12(15)11(16)10(2)3/h10-11,16H,4-9H2,1-3H3,(H,14,15). The van der Waals surface area contributed by atoms with Gasteiger partial charge in [0.15, 0.2) is 0 Å². The molecule has 0 bridgehead atoms. The quantitative estimate of drug-likeness (QED) is 0.714. The number of hydrogen-bond donors (Lipinski definition) is 2. The van der Waals surface area contributed by atoms with Gasteiger partial charge in [0.25, 0.3) is 0 Å². The first-order valence-corrected chi connectivity index (χ1v) is 6.98. The Hall–Kier alpha value is -0.180. The normalized spacial score (nSPS) is 21.1. The van der Waals surface area contributed by atoms with Gasteiger partial charge in [-0.15, -0.1) is 0 Å². The second kappa shape index (κ2) is 5.95. The van der Waals surface area contributed by atoms with Crippen LogP contribution in [-0.4, -0.2) is 17.7 Å². The molecule has 1 saturated carbocycles. The lowest BCUT2D eigenvalue weighted by Crippen LogP contribution is -2.40. The molecule has 1 aliphatic carbocycles. The van der Waals surface area contributed by atoms with Crippen LogP contribution in [-0.2, 0) is 4.79 Å². The zero-order valence-corrected chi connectivity index (χ0v) is 11.6. The molecule has 1 aliphatic rings. The van der Waals surface area contributed by atoms with E-state index in [2.05, 4.69) is 24.9 Å². The molecule has 0 heterocycles. The number of carbonyl (C=O) groups excluding carboxylic acids is 1. The van der Waals surface area contributed by atoms with E-state index >= 15 is 0 Å². The van der Waals surface area contributed by atoms with Crippen molar-refractivity contribution in [1.29, 1.82) is 0 Å². The molecule has 0 aromatic rings. The molecule has 0 saturated heterocycles. The van der Waals surface area contributed by atoms with Crippen LogP contribution in [0.4, 0.5) is 0 Å². The van der Waals surface area contributed by atoms with E-state index in [4.69, 9.17) is 0 Å². The van der Waals surface area contributed by atoms with Crippen molar-refractivity contribution in [1.82, 2.24) is 5.32 Å². The molecule has 1 atom stereocenters. The number of carbonyl (C=O) groups is 1. The summed E-state index contributed by atoms with van der Waals surface area (Å²) in [5.41, 5.74) is 0.375. The van der Waals surface area contributed by atoms with Crippen LogP contribution in [0.25, 0.3) is 0 Å². The molecule has 94 valence electrons. The maximum Gasteiger partial charge on any atom is 0.233 e. The first-order valence-electron chi connectivity index (χ1n) is 6.46. The van der Waals surface area contributed by atoms with Gasteiger partial charge in [-0.2, -0.15) is 12.6 Å². The Bertz CT molecular complexity index is 234. The fourth-order valence-corrected chi connectivity index (χ4v) is 2.55. The average molecular weight is 243 g/mol. The summed E-state index contributed by atoms with van der Waals surface area (Å²) in [5, 5.41) is 2.91. The number of amides is 1. The highest BCUT2D eigenvalue weighted by atomic mass is 32.1. The lowest BCUT2D eigenvalue weighted by atomic mass is 9.83. The minimum absolute atomic E-state index is 0.0954. The van der Waals surface area contributed by atoms with Gasteiger partial charge in [0.1, 0.15) is 0 Å². The Morgan fingerprint density at radius 3 is 2.38 bits per heavy atom. The lowest BCUT2D eigenvalue weighted by molar-refractivity contribution is -0.121. The number of hydrogen-bond acceptors (Lipinski definition) is 2. The van der Waals surface area contributed by atoms with Crippen molar-refractivity contribution in [3.63, 3.8) is 0 Å². The van der Waals surface area contributed by atoms with Gasteiger partial charge in [-0.05, 0) is 30.6 Å². The largest absolute Gasteiger partial charge is 0.355 e. The van der Waals surface area contributed by atoms with Gasteiger partial charge in [-0.25, -0.2) is 0 Å². The van der Waals surface area contributed by atoms with E-state index in [0.29, 0.717) is 11.3 Å². The van der Waals surface area contributed by atoms with Crippen molar-refractivity contribution in [2.24, 2.45) is 11.3 Å². The number of rotatable bonds is 5. The van der Waals surface area contributed by atoms with Crippen LogP contribution < -0.4 is 5.32 Å². The van der Waals surface area contributed by atoms with Crippen molar-refractivity contribution in [2.75, 3.05) is 6.54 Å². The zero-order chi connectivity index (χ0) is 12.2. The third-order valence-corrected chi connectivity index (χ3v) is 4.78. The molecule has 16 heavy (non-hydrogen) atoms. The topological polar surface area (TPSA) is 29.1 Å². The molecule has 2 nitrogen and oxygen atoms in total. The molecule has 0 spiro atoms. The summed E-state index contributed by atoms with van der Waals surface area (Å²) in [6.45, 7) is 7.13. The van der Waals surface area contributed by atoms with Crippen LogP contribution in [0.2, 0.25) is 0 Å². The van der Waals surface area contributed by atoms with Crippen LogP contribution in [0.3, 0.4) is 0 Å². The van der Waals surface area contributed by atoms with Gasteiger partial charge in [-0.1, -0.05) is 33.6 Å². The van der Waals surface area contributed by atoms with Crippen LogP contribution in [0.1, 0.15) is 52.9 Å². The summed E-state index contributed by atoms with van der Waals surface area (Å²) in [6.07, 6.45) is 6.34.